The Morgan fingerprint density at radius 2 is 1.96 bits per heavy atom. The lowest BCUT2D eigenvalue weighted by molar-refractivity contribution is 0.249. The normalized spacial score (nSPS) is 22.9. The maximum Gasteiger partial charge on any atom is 0.276 e. The molecule has 2 heterocycles. The first-order chi connectivity index (χ1) is 11.9. The van der Waals surface area contributed by atoms with Gasteiger partial charge in [0.2, 0.25) is 0 Å². The fourth-order valence-corrected chi connectivity index (χ4v) is 4.37. The van der Waals surface area contributed by atoms with Gasteiger partial charge >= 0.3 is 0 Å². The highest BCUT2D eigenvalue weighted by atomic mass is 32.2. The summed E-state index contributed by atoms with van der Waals surface area (Å²) in [4.78, 5) is 4.54. The molecule has 134 valence electrons. The molecule has 0 unspecified atom stereocenters. The van der Waals surface area contributed by atoms with Crippen molar-refractivity contribution in [3.05, 3.63) is 30.1 Å². The van der Waals surface area contributed by atoms with Crippen LogP contribution in [0, 0.1) is 5.41 Å². The second-order valence-corrected chi connectivity index (χ2v) is 8.30. The maximum absolute atomic E-state index is 11.4. The Hall–Kier alpha value is -1.97. The van der Waals surface area contributed by atoms with E-state index in [2.05, 4.69) is 10.1 Å². The van der Waals surface area contributed by atoms with Gasteiger partial charge in [0.1, 0.15) is 5.75 Å². The zero-order valence-electron chi connectivity index (χ0n) is 13.9. The lowest BCUT2D eigenvalue weighted by Crippen LogP contribution is -2.43. The van der Waals surface area contributed by atoms with Crippen molar-refractivity contribution >= 4 is 10.2 Å². The van der Waals surface area contributed by atoms with Crippen molar-refractivity contribution in [2.24, 2.45) is 10.6 Å². The summed E-state index contributed by atoms with van der Waals surface area (Å²) in [5.41, 5.74) is 0.931. The zero-order valence-corrected chi connectivity index (χ0v) is 14.7. The van der Waals surface area contributed by atoms with Gasteiger partial charge < -0.3 is 9.26 Å². The summed E-state index contributed by atoms with van der Waals surface area (Å²) in [5, 5.41) is 9.34. The first kappa shape index (κ1) is 16.5. The van der Waals surface area contributed by atoms with Crippen LogP contribution in [0.1, 0.15) is 31.0 Å². The van der Waals surface area contributed by atoms with Gasteiger partial charge in [-0.05, 0) is 48.9 Å². The molecule has 8 nitrogen and oxygen atoms in total. The monoisotopic (exact) mass is 364 g/mol. The summed E-state index contributed by atoms with van der Waals surface area (Å²) in [6.45, 7) is 0.914. The molecule has 1 atom stereocenters. The number of nitrogens with two attached hydrogens (primary N) is 1. The van der Waals surface area contributed by atoms with Gasteiger partial charge in [-0.15, -0.1) is 0 Å². The molecule has 0 amide bonds. The Labute approximate surface area is 146 Å². The van der Waals surface area contributed by atoms with Gasteiger partial charge in [-0.25, -0.2) is 5.14 Å². The summed E-state index contributed by atoms with van der Waals surface area (Å²) >= 11 is 0. The average molecular weight is 364 g/mol. The van der Waals surface area contributed by atoms with Gasteiger partial charge in [0, 0.05) is 24.6 Å². The van der Waals surface area contributed by atoms with E-state index in [4.69, 9.17) is 14.4 Å². The van der Waals surface area contributed by atoms with Gasteiger partial charge in [-0.3, -0.25) is 0 Å². The molecule has 1 aliphatic carbocycles. The summed E-state index contributed by atoms with van der Waals surface area (Å²) < 4.78 is 34.8. The molecule has 0 bridgehead atoms. The van der Waals surface area contributed by atoms with Crippen molar-refractivity contribution in [1.29, 1.82) is 0 Å². The van der Waals surface area contributed by atoms with Crippen LogP contribution in [0.4, 0.5) is 0 Å². The molecule has 2 aromatic rings. The van der Waals surface area contributed by atoms with Crippen LogP contribution in [0.3, 0.4) is 0 Å². The van der Waals surface area contributed by atoms with Crippen LogP contribution in [0.5, 0.6) is 5.75 Å². The van der Waals surface area contributed by atoms with Gasteiger partial charge in [-0.2, -0.15) is 17.7 Å². The van der Waals surface area contributed by atoms with Gasteiger partial charge in [0.15, 0.2) is 5.82 Å². The van der Waals surface area contributed by atoms with Crippen LogP contribution in [0.2, 0.25) is 0 Å². The molecule has 1 aromatic carbocycles. The molecule has 25 heavy (non-hydrogen) atoms. The first-order valence-electron chi connectivity index (χ1n) is 8.17. The molecule has 1 saturated carbocycles. The van der Waals surface area contributed by atoms with Crippen molar-refractivity contribution in [2.75, 3.05) is 20.2 Å². The molecule has 1 aliphatic heterocycles. The zero-order chi connectivity index (χ0) is 17.7. The number of nitrogens with zero attached hydrogens (tertiary/aromatic N) is 3. The SMILES string of the molecule is COc1ccc(-c2nc([C@@H]3CC34CCN(S(N)(=O)=O)CC4)no2)cc1. The number of ether oxygens (including phenoxy) is 1. The van der Waals surface area contributed by atoms with Crippen LogP contribution in [-0.2, 0) is 10.2 Å². The van der Waals surface area contributed by atoms with Crippen molar-refractivity contribution in [1.82, 2.24) is 14.4 Å². The van der Waals surface area contributed by atoms with E-state index in [0.717, 1.165) is 30.6 Å². The summed E-state index contributed by atoms with van der Waals surface area (Å²) in [5.74, 6) is 2.19. The van der Waals surface area contributed by atoms with Gasteiger partial charge in [0.05, 0.1) is 7.11 Å². The third-order valence-corrected chi connectivity index (χ3v) is 6.44. The minimum atomic E-state index is -3.59. The molecule has 2 N–H and O–H groups in total. The summed E-state index contributed by atoms with van der Waals surface area (Å²) in [7, 11) is -1.98. The van der Waals surface area contributed by atoms with E-state index in [0.29, 0.717) is 24.8 Å². The topological polar surface area (TPSA) is 112 Å². The van der Waals surface area contributed by atoms with Crippen LogP contribution in [-0.4, -0.2) is 43.1 Å². The Bertz CT molecular complexity index is 870. The van der Waals surface area contributed by atoms with Crippen molar-refractivity contribution in [3.63, 3.8) is 0 Å². The molecule has 1 saturated heterocycles. The Morgan fingerprint density at radius 3 is 2.56 bits per heavy atom. The number of methoxy groups -OCH3 is 1. The quantitative estimate of drug-likeness (QED) is 0.880. The highest BCUT2D eigenvalue weighted by molar-refractivity contribution is 7.86. The fourth-order valence-electron chi connectivity index (χ4n) is 3.68. The molecule has 4 rings (SSSR count). The van der Waals surface area contributed by atoms with E-state index >= 15 is 0 Å². The van der Waals surface area contributed by atoms with E-state index in [1.165, 1.54) is 4.31 Å². The smallest absolute Gasteiger partial charge is 0.276 e. The maximum atomic E-state index is 11.4. The molecule has 2 aliphatic rings. The van der Waals surface area contributed by atoms with Crippen LogP contribution in [0.15, 0.2) is 28.8 Å². The average Bonchev–Trinajstić information content (AvgIpc) is 3.07. The highest BCUT2D eigenvalue weighted by Gasteiger charge is 2.58. The largest absolute Gasteiger partial charge is 0.497 e. The Balaban J connectivity index is 1.45. The molecule has 2 fully saturated rings. The van der Waals surface area contributed by atoms with E-state index in [9.17, 15) is 8.42 Å². The van der Waals surface area contributed by atoms with E-state index in [1.807, 2.05) is 24.3 Å². The first-order valence-corrected chi connectivity index (χ1v) is 9.67. The fraction of sp³-hybridized carbons (Fsp3) is 0.500. The lowest BCUT2D eigenvalue weighted by Gasteiger charge is -2.30. The summed E-state index contributed by atoms with van der Waals surface area (Å²) in [6, 6.07) is 7.45. The standard InChI is InChI=1S/C16H20N4O4S/c1-23-12-4-2-11(3-5-12)15-18-14(19-24-15)13-10-16(13)6-8-20(9-7-16)25(17,21)22/h2-5,13H,6-10H2,1H3,(H2,17,21,22)/t13-/m0/s1. The van der Waals surface area contributed by atoms with Crippen LogP contribution in [0.25, 0.3) is 11.5 Å². The van der Waals surface area contributed by atoms with Crippen molar-refractivity contribution in [3.8, 4) is 17.2 Å². The predicted molar refractivity (Wildman–Crippen MR) is 90.0 cm³/mol. The van der Waals surface area contributed by atoms with E-state index in [1.54, 1.807) is 7.11 Å². The van der Waals surface area contributed by atoms with Crippen molar-refractivity contribution in [2.45, 2.75) is 25.2 Å². The minimum Gasteiger partial charge on any atom is -0.497 e. The minimum absolute atomic E-state index is 0.0856. The van der Waals surface area contributed by atoms with Gasteiger partial charge in [0.25, 0.3) is 16.1 Å². The summed E-state index contributed by atoms with van der Waals surface area (Å²) in [6.07, 6.45) is 2.52. The molecular formula is C16H20N4O4S. The van der Waals surface area contributed by atoms with Gasteiger partial charge in [-0.1, -0.05) is 5.16 Å². The Kier molecular flexibility index (Phi) is 3.82. The Morgan fingerprint density at radius 1 is 1.28 bits per heavy atom. The molecule has 9 heteroatoms. The molecule has 1 spiro atoms. The molecule has 1 aromatic heterocycles. The molecular weight excluding hydrogens is 344 g/mol. The number of hydrogen-bond donors (Lipinski definition) is 1. The number of benzene rings is 1. The van der Waals surface area contributed by atoms with Crippen LogP contribution < -0.4 is 9.88 Å². The van der Waals surface area contributed by atoms with E-state index < -0.39 is 10.2 Å². The second-order valence-electron chi connectivity index (χ2n) is 6.75. The van der Waals surface area contributed by atoms with Crippen molar-refractivity contribution < 1.29 is 17.7 Å². The predicted octanol–water partition coefficient (Wildman–Crippen LogP) is 1.52. The second kappa shape index (κ2) is 5.79. The lowest BCUT2D eigenvalue weighted by atomic mass is 9.92. The number of hydrogen-bond acceptors (Lipinski definition) is 6. The number of piperidine rings is 1. The van der Waals surface area contributed by atoms with E-state index in [-0.39, 0.29) is 11.3 Å². The highest BCUT2D eigenvalue weighted by Crippen LogP contribution is 2.64. The molecule has 0 radical (unpaired) electrons. The number of aromatic nitrogens is 2. The van der Waals surface area contributed by atoms with Crippen LogP contribution >= 0.6 is 0 Å². The number of rotatable bonds is 4. The third-order valence-electron chi connectivity index (χ3n) is 5.36. The third kappa shape index (κ3) is 3.03.